The van der Waals surface area contributed by atoms with Gasteiger partial charge in [-0.05, 0) is 24.3 Å². The van der Waals surface area contributed by atoms with Gasteiger partial charge in [-0.3, -0.25) is 9.59 Å². The third-order valence-corrected chi connectivity index (χ3v) is 2.25. The fourth-order valence-electron chi connectivity index (χ4n) is 1.29. The van der Waals surface area contributed by atoms with E-state index in [0.29, 0.717) is 0 Å². The third-order valence-electron chi connectivity index (χ3n) is 2.03. The molecule has 0 aliphatic heterocycles. The van der Waals surface area contributed by atoms with Crippen LogP contribution in [0, 0.1) is 5.82 Å². The molecule has 0 fully saturated rings. The van der Waals surface area contributed by atoms with E-state index < -0.39 is 17.3 Å². The summed E-state index contributed by atoms with van der Waals surface area (Å²) in [6, 6.07) is 6.06. The van der Waals surface area contributed by atoms with Crippen molar-refractivity contribution in [1.29, 1.82) is 0 Å². The predicted octanol–water partition coefficient (Wildman–Crippen LogP) is 1.81. The van der Waals surface area contributed by atoms with Gasteiger partial charge in [0.2, 0.25) is 0 Å². The molecule has 1 heterocycles. The number of H-pyrrole nitrogens is 1. The molecule has 7 heteroatoms. The van der Waals surface area contributed by atoms with Gasteiger partial charge in [0.25, 0.3) is 11.5 Å². The number of halogens is 2. The Morgan fingerprint density at radius 2 is 2.11 bits per heavy atom. The van der Waals surface area contributed by atoms with Crippen molar-refractivity contribution in [3.8, 4) is 0 Å². The number of hydrogen-bond acceptors (Lipinski definition) is 3. The molecular formula is C11H7ClFN3O2. The van der Waals surface area contributed by atoms with E-state index in [1.54, 1.807) is 0 Å². The lowest BCUT2D eigenvalue weighted by atomic mass is 10.3. The van der Waals surface area contributed by atoms with Gasteiger partial charge < -0.3 is 5.32 Å². The molecule has 0 unspecified atom stereocenters. The molecule has 1 aromatic heterocycles. The van der Waals surface area contributed by atoms with Gasteiger partial charge in [0.1, 0.15) is 11.5 Å². The van der Waals surface area contributed by atoms with Crippen molar-refractivity contribution >= 4 is 23.2 Å². The number of nitrogens with one attached hydrogen (secondary N) is 2. The summed E-state index contributed by atoms with van der Waals surface area (Å²) in [5, 5.41) is 8.24. The topological polar surface area (TPSA) is 74.8 Å². The fourth-order valence-corrected chi connectivity index (χ4v) is 1.51. The minimum atomic E-state index is -0.576. The molecule has 0 saturated heterocycles. The summed E-state index contributed by atoms with van der Waals surface area (Å²) >= 11 is 5.65. The summed E-state index contributed by atoms with van der Waals surface area (Å²) in [5.41, 5.74) is -0.201. The zero-order valence-electron chi connectivity index (χ0n) is 8.91. The molecule has 5 nitrogen and oxygen atoms in total. The van der Waals surface area contributed by atoms with Crippen LogP contribution in [0.5, 0.6) is 0 Å². The second kappa shape index (κ2) is 4.97. The molecular weight excluding hydrogens is 261 g/mol. The van der Waals surface area contributed by atoms with E-state index in [4.69, 9.17) is 11.6 Å². The van der Waals surface area contributed by atoms with Crippen molar-refractivity contribution in [1.82, 2.24) is 10.2 Å². The molecule has 0 spiro atoms. The average Bonchev–Trinajstić information content (AvgIpc) is 2.28. The lowest BCUT2D eigenvalue weighted by Crippen LogP contribution is -2.17. The Morgan fingerprint density at radius 3 is 2.72 bits per heavy atom. The van der Waals surface area contributed by atoms with E-state index in [9.17, 15) is 14.0 Å². The molecule has 0 saturated carbocycles. The highest BCUT2D eigenvalue weighted by Gasteiger charge is 2.09. The maximum absolute atomic E-state index is 13.0. The lowest BCUT2D eigenvalue weighted by Gasteiger charge is -2.04. The van der Waals surface area contributed by atoms with Gasteiger partial charge >= 0.3 is 0 Å². The van der Waals surface area contributed by atoms with E-state index in [0.717, 1.165) is 12.1 Å². The zero-order chi connectivity index (χ0) is 13.1. The summed E-state index contributed by atoms with van der Waals surface area (Å²) in [6.07, 6.45) is 0. The number of nitrogens with zero attached hydrogens (tertiary/aromatic N) is 1. The van der Waals surface area contributed by atoms with Gasteiger partial charge in [-0.2, -0.15) is 5.10 Å². The molecule has 0 atom stereocenters. The first-order valence-corrected chi connectivity index (χ1v) is 5.25. The van der Waals surface area contributed by atoms with Crippen molar-refractivity contribution < 1.29 is 9.18 Å². The molecule has 1 amide bonds. The Morgan fingerprint density at radius 1 is 1.33 bits per heavy atom. The molecule has 2 aromatic rings. The number of carbonyl (C=O) groups excluding carboxylic acids is 1. The molecule has 0 bridgehead atoms. The molecule has 0 aliphatic rings. The van der Waals surface area contributed by atoms with Gasteiger partial charge in [0.15, 0.2) is 0 Å². The molecule has 0 aliphatic carbocycles. The normalized spacial score (nSPS) is 10.1. The van der Waals surface area contributed by atoms with Crippen LogP contribution in [-0.2, 0) is 0 Å². The lowest BCUT2D eigenvalue weighted by molar-refractivity contribution is 0.102. The number of amides is 1. The zero-order valence-corrected chi connectivity index (χ0v) is 9.66. The summed E-state index contributed by atoms with van der Waals surface area (Å²) in [4.78, 5) is 22.5. The Labute approximate surface area is 106 Å². The monoisotopic (exact) mass is 267 g/mol. The average molecular weight is 268 g/mol. The number of hydrogen-bond donors (Lipinski definition) is 2. The maximum atomic E-state index is 13.0. The van der Waals surface area contributed by atoms with E-state index in [2.05, 4.69) is 15.5 Å². The molecule has 2 N–H and O–H groups in total. The van der Waals surface area contributed by atoms with E-state index in [1.807, 2.05) is 0 Å². The Balaban J connectivity index is 2.21. The molecule has 1 aromatic carbocycles. The van der Waals surface area contributed by atoms with Gasteiger partial charge in [0, 0.05) is 16.8 Å². The van der Waals surface area contributed by atoms with Crippen molar-refractivity contribution in [3.63, 3.8) is 0 Å². The summed E-state index contributed by atoms with van der Waals surface area (Å²) in [6.45, 7) is 0. The second-order valence-electron chi connectivity index (χ2n) is 3.42. The first-order chi connectivity index (χ1) is 8.54. The number of carbonyl (C=O) groups is 1. The van der Waals surface area contributed by atoms with Gasteiger partial charge in [-0.15, -0.1) is 0 Å². The Bertz CT molecular complexity index is 616. The van der Waals surface area contributed by atoms with Crippen molar-refractivity contribution in [3.05, 3.63) is 57.2 Å². The molecule has 92 valence electrons. The fraction of sp³-hybridized carbons (Fsp3) is 0. The highest BCUT2D eigenvalue weighted by molar-refractivity contribution is 6.31. The summed E-state index contributed by atoms with van der Waals surface area (Å²) in [7, 11) is 0. The maximum Gasteiger partial charge on any atom is 0.276 e. The Hall–Kier alpha value is -2.21. The number of benzene rings is 1. The first kappa shape index (κ1) is 12.3. The van der Waals surface area contributed by atoms with E-state index >= 15 is 0 Å². The van der Waals surface area contributed by atoms with Gasteiger partial charge in [0.05, 0.1) is 0 Å². The smallest absolute Gasteiger partial charge is 0.276 e. The summed E-state index contributed by atoms with van der Waals surface area (Å²) < 4.78 is 13.0. The summed E-state index contributed by atoms with van der Waals surface area (Å²) in [5.74, 6) is -1.14. The van der Waals surface area contributed by atoms with Gasteiger partial charge in [-0.25, -0.2) is 9.49 Å². The minimum Gasteiger partial charge on any atom is -0.320 e. The molecule has 18 heavy (non-hydrogen) atoms. The van der Waals surface area contributed by atoms with Crippen LogP contribution in [0.25, 0.3) is 0 Å². The second-order valence-corrected chi connectivity index (χ2v) is 3.86. The van der Waals surface area contributed by atoms with E-state index in [-0.39, 0.29) is 16.4 Å². The van der Waals surface area contributed by atoms with Crippen LogP contribution in [0.1, 0.15) is 10.5 Å². The standard InChI is InChI=1S/C11H7ClFN3O2/c12-6-3-7(13)5-8(4-6)14-11(18)9-1-2-10(17)16-15-9/h1-5H,(H,14,18)(H,16,17). The molecule has 2 rings (SSSR count). The van der Waals surface area contributed by atoms with Crippen LogP contribution in [0.15, 0.2) is 35.1 Å². The van der Waals surface area contributed by atoms with Crippen molar-refractivity contribution in [2.45, 2.75) is 0 Å². The highest BCUT2D eigenvalue weighted by atomic mass is 35.5. The number of rotatable bonds is 2. The van der Waals surface area contributed by atoms with Crippen LogP contribution in [0.4, 0.5) is 10.1 Å². The van der Waals surface area contributed by atoms with Crippen LogP contribution < -0.4 is 10.9 Å². The SMILES string of the molecule is O=C(Nc1cc(F)cc(Cl)c1)c1ccc(=O)[nH]n1. The van der Waals surface area contributed by atoms with Gasteiger partial charge in [-0.1, -0.05) is 11.6 Å². The largest absolute Gasteiger partial charge is 0.320 e. The van der Waals surface area contributed by atoms with Crippen LogP contribution in [0.3, 0.4) is 0 Å². The van der Waals surface area contributed by atoms with E-state index in [1.165, 1.54) is 18.2 Å². The Kier molecular flexibility index (Phi) is 3.38. The van der Waals surface area contributed by atoms with Crippen molar-refractivity contribution in [2.75, 3.05) is 5.32 Å². The first-order valence-electron chi connectivity index (χ1n) is 4.88. The predicted molar refractivity (Wildman–Crippen MR) is 64.2 cm³/mol. The number of anilines is 1. The van der Waals surface area contributed by atoms with Crippen LogP contribution in [0.2, 0.25) is 5.02 Å². The minimum absolute atomic E-state index is 0.00924. The van der Waals surface area contributed by atoms with Crippen LogP contribution >= 0.6 is 11.6 Å². The highest BCUT2D eigenvalue weighted by Crippen LogP contribution is 2.18. The number of aromatic amines is 1. The molecule has 0 radical (unpaired) electrons. The number of aromatic nitrogens is 2. The quantitative estimate of drug-likeness (QED) is 0.871. The van der Waals surface area contributed by atoms with Crippen LogP contribution in [-0.4, -0.2) is 16.1 Å². The third kappa shape index (κ3) is 2.92. The van der Waals surface area contributed by atoms with Crippen molar-refractivity contribution in [2.24, 2.45) is 0 Å².